The Balaban J connectivity index is 1.62. The Labute approximate surface area is 140 Å². The zero-order chi connectivity index (χ0) is 17.3. The second-order valence-corrected chi connectivity index (χ2v) is 6.95. The zero-order valence-electron chi connectivity index (χ0n) is 13.7. The average Bonchev–Trinajstić information content (AvgIpc) is 2.94. The molecule has 1 aromatic rings. The molecule has 4 nitrogen and oxygen atoms in total. The van der Waals surface area contributed by atoms with Gasteiger partial charge in [0.2, 0.25) is 11.8 Å². The highest BCUT2D eigenvalue weighted by atomic mass is 19.2. The topological polar surface area (TPSA) is 49.4 Å². The Bertz CT molecular complexity index is 642. The molecule has 1 atom stereocenters. The van der Waals surface area contributed by atoms with E-state index in [0.717, 1.165) is 31.7 Å². The summed E-state index contributed by atoms with van der Waals surface area (Å²) in [5.41, 5.74) is -0.183. The fourth-order valence-corrected chi connectivity index (χ4v) is 3.65. The van der Waals surface area contributed by atoms with Crippen LogP contribution in [-0.4, -0.2) is 29.3 Å². The fourth-order valence-electron chi connectivity index (χ4n) is 3.65. The van der Waals surface area contributed by atoms with Crippen LogP contribution in [0.1, 0.15) is 39.0 Å². The molecule has 2 aliphatic rings. The van der Waals surface area contributed by atoms with Gasteiger partial charge in [0.05, 0.1) is 11.6 Å². The average molecular weight is 336 g/mol. The number of likely N-dealkylation sites (tertiary alicyclic amines) is 1. The molecule has 3 rings (SSSR count). The molecule has 130 valence electrons. The van der Waals surface area contributed by atoms with Gasteiger partial charge in [-0.05, 0) is 43.7 Å². The SMILES string of the molecule is CC1CCC(N2CC(C(=O)Nc3cccc(F)c3F)CC2=O)CC1. The second-order valence-electron chi connectivity index (χ2n) is 6.95. The summed E-state index contributed by atoms with van der Waals surface area (Å²) in [6.45, 7) is 2.58. The summed E-state index contributed by atoms with van der Waals surface area (Å²) < 4.78 is 26.9. The van der Waals surface area contributed by atoms with Crippen molar-refractivity contribution in [1.82, 2.24) is 4.90 Å². The van der Waals surface area contributed by atoms with E-state index < -0.39 is 23.5 Å². The van der Waals surface area contributed by atoms with Crippen LogP contribution in [0.15, 0.2) is 18.2 Å². The molecule has 24 heavy (non-hydrogen) atoms. The van der Waals surface area contributed by atoms with Crippen LogP contribution in [0.25, 0.3) is 0 Å². The third-order valence-electron chi connectivity index (χ3n) is 5.16. The van der Waals surface area contributed by atoms with E-state index in [4.69, 9.17) is 0 Å². The Kier molecular flexibility index (Phi) is 4.83. The molecule has 2 amide bonds. The van der Waals surface area contributed by atoms with Crippen molar-refractivity contribution in [3.8, 4) is 0 Å². The van der Waals surface area contributed by atoms with E-state index in [0.29, 0.717) is 12.5 Å². The lowest BCUT2D eigenvalue weighted by atomic mass is 9.87. The summed E-state index contributed by atoms with van der Waals surface area (Å²) >= 11 is 0. The smallest absolute Gasteiger partial charge is 0.229 e. The number of nitrogens with zero attached hydrogens (tertiary/aromatic N) is 1. The number of halogens is 2. The van der Waals surface area contributed by atoms with Gasteiger partial charge < -0.3 is 10.2 Å². The van der Waals surface area contributed by atoms with E-state index in [9.17, 15) is 18.4 Å². The van der Waals surface area contributed by atoms with Crippen molar-refractivity contribution < 1.29 is 18.4 Å². The maximum absolute atomic E-state index is 13.7. The minimum atomic E-state index is -1.08. The van der Waals surface area contributed by atoms with Crippen LogP contribution in [0.5, 0.6) is 0 Å². The summed E-state index contributed by atoms with van der Waals surface area (Å²) in [6, 6.07) is 3.85. The number of hydrogen-bond acceptors (Lipinski definition) is 2. The van der Waals surface area contributed by atoms with Crippen LogP contribution in [0.3, 0.4) is 0 Å². The third kappa shape index (κ3) is 3.42. The highest BCUT2D eigenvalue weighted by Crippen LogP contribution is 2.31. The van der Waals surface area contributed by atoms with E-state index >= 15 is 0 Å². The van der Waals surface area contributed by atoms with Crippen molar-refractivity contribution in [3.05, 3.63) is 29.8 Å². The molecule has 1 heterocycles. The Morgan fingerprint density at radius 1 is 1.21 bits per heavy atom. The molecular formula is C18H22F2N2O2. The van der Waals surface area contributed by atoms with E-state index in [1.165, 1.54) is 12.1 Å². The highest BCUT2D eigenvalue weighted by molar-refractivity contribution is 5.97. The van der Waals surface area contributed by atoms with Gasteiger partial charge in [0.15, 0.2) is 11.6 Å². The molecule has 1 saturated carbocycles. The normalized spacial score (nSPS) is 27.4. The van der Waals surface area contributed by atoms with Gasteiger partial charge in [0.25, 0.3) is 0 Å². The molecule has 0 bridgehead atoms. The maximum atomic E-state index is 13.7. The van der Waals surface area contributed by atoms with Crippen molar-refractivity contribution in [2.75, 3.05) is 11.9 Å². The summed E-state index contributed by atoms with van der Waals surface area (Å²) in [6.07, 6.45) is 4.27. The highest BCUT2D eigenvalue weighted by Gasteiger charge is 2.38. The van der Waals surface area contributed by atoms with Crippen LogP contribution >= 0.6 is 0 Å². The minimum Gasteiger partial charge on any atom is -0.339 e. The largest absolute Gasteiger partial charge is 0.339 e. The predicted octanol–water partition coefficient (Wildman–Crippen LogP) is 3.33. The zero-order valence-corrected chi connectivity index (χ0v) is 13.7. The first-order valence-electron chi connectivity index (χ1n) is 8.50. The van der Waals surface area contributed by atoms with Gasteiger partial charge in [-0.3, -0.25) is 9.59 Å². The van der Waals surface area contributed by atoms with Crippen LogP contribution in [0, 0.1) is 23.5 Å². The number of hydrogen-bond donors (Lipinski definition) is 1. The van der Waals surface area contributed by atoms with Gasteiger partial charge in [-0.25, -0.2) is 8.78 Å². The van der Waals surface area contributed by atoms with Crippen LogP contribution in [0.2, 0.25) is 0 Å². The Morgan fingerprint density at radius 2 is 1.92 bits per heavy atom. The minimum absolute atomic E-state index is 0.0191. The van der Waals surface area contributed by atoms with Gasteiger partial charge in [-0.2, -0.15) is 0 Å². The molecule has 0 aromatic heterocycles. The maximum Gasteiger partial charge on any atom is 0.229 e. The number of carbonyl (C=O) groups excluding carboxylic acids is 2. The van der Waals surface area contributed by atoms with Crippen LogP contribution < -0.4 is 5.32 Å². The first kappa shape index (κ1) is 16.9. The van der Waals surface area contributed by atoms with E-state index in [1.54, 1.807) is 4.90 Å². The fraction of sp³-hybridized carbons (Fsp3) is 0.556. The van der Waals surface area contributed by atoms with Crippen molar-refractivity contribution >= 4 is 17.5 Å². The lowest BCUT2D eigenvalue weighted by Gasteiger charge is -2.33. The Hall–Kier alpha value is -1.98. The second kappa shape index (κ2) is 6.87. The first-order chi connectivity index (χ1) is 11.5. The van der Waals surface area contributed by atoms with E-state index in [-0.39, 0.29) is 24.1 Å². The molecule has 1 aromatic carbocycles. The number of amides is 2. The monoisotopic (exact) mass is 336 g/mol. The molecule has 1 saturated heterocycles. The number of carbonyl (C=O) groups is 2. The van der Waals surface area contributed by atoms with Gasteiger partial charge >= 0.3 is 0 Å². The summed E-state index contributed by atoms with van der Waals surface area (Å²) in [5, 5.41) is 2.41. The molecule has 1 unspecified atom stereocenters. The lowest BCUT2D eigenvalue weighted by molar-refractivity contribution is -0.130. The molecule has 0 radical (unpaired) electrons. The quantitative estimate of drug-likeness (QED) is 0.920. The standard InChI is InChI=1S/C18H22F2N2O2/c1-11-5-7-13(8-6-11)22-10-12(9-16(22)23)18(24)21-15-4-2-3-14(19)17(15)20/h2-4,11-13H,5-10H2,1H3,(H,21,24). The number of rotatable bonds is 3. The van der Waals surface area contributed by atoms with Crippen molar-refractivity contribution in [2.24, 2.45) is 11.8 Å². The first-order valence-corrected chi connectivity index (χ1v) is 8.50. The molecule has 2 fully saturated rings. The summed E-state index contributed by atoms with van der Waals surface area (Å²) in [5.74, 6) is -2.36. The van der Waals surface area contributed by atoms with E-state index in [2.05, 4.69) is 12.2 Å². The number of benzene rings is 1. The van der Waals surface area contributed by atoms with Gasteiger partial charge in [0, 0.05) is 19.0 Å². The van der Waals surface area contributed by atoms with Crippen molar-refractivity contribution in [2.45, 2.75) is 45.1 Å². The lowest BCUT2D eigenvalue weighted by Crippen LogP contribution is -2.39. The van der Waals surface area contributed by atoms with Gasteiger partial charge in [-0.1, -0.05) is 13.0 Å². The Morgan fingerprint density at radius 3 is 2.62 bits per heavy atom. The van der Waals surface area contributed by atoms with Gasteiger partial charge in [-0.15, -0.1) is 0 Å². The van der Waals surface area contributed by atoms with Crippen molar-refractivity contribution in [3.63, 3.8) is 0 Å². The van der Waals surface area contributed by atoms with E-state index in [1.807, 2.05) is 0 Å². The number of anilines is 1. The van der Waals surface area contributed by atoms with Crippen LogP contribution in [-0.2, 0) is 9.59 Å². The molecule has 1 aliphatic carbocycles. The third-order valence-corrected chi connectivity index (χ3v) is 5.16. The molecule has 1 N–H and O–H groups in total. The molecular weight excluding hydrogens is 314 g/mol. The van der Waals surface area contributed by atoms with Crippen LogP contribution in [0.4, 0.5) is 14.5 Å². The summed E-state index contributed by atoms with van der Waals surface area (Å²) in [4.78, 5) is 26.4. The molecule has 1 aliphatic heterocycles. The predicted molar refractivity (Wildman–Crippen MR) is 86.2 cm³/mol. The number of nitrogens with one attached hydrogen (secondary N) is 1. The van der Waals surface area contributed by atoms with Gasteiger partial charge in [0.1, 0.15) is 0 Å². The molecule has 6 heteroatoms. The summed E-state index contributed by atoms with van der Waals surface area (Å²) in [7, 11) is 0. The van der Waals surface area contributed by atoms with Crippen molar-refractivity contribution in [1.29, 1.82) is 0 Å². The molecule has 0 spiro atoms.